The van der Waals surface area contributed by atoms with Gasteiger partial charge in [-0.3, -0.25) is 0 Å². The van der Waals surface area contributed by atoms with E-state index in [1.165, 1.54) is 22.5 Å². The highest BCUT2D eigenvalue weighted by Gasteiger charge is 2.19. The Hall–Kier alpha value is -0.350. The second kappa shape index (κ2) is 5.82. The molecule has 0 radical (unpaired) electrons. The molecule has 2 nitrogen and oxygen atoms in total. The van der Waals surface area contributed by atoms with Crippen molar-refractivity contribution in [1.82, 2.24) is 10.3 Å². The van der Waals surface area contributed by atoms with Crippen molar-refractivity contribution in [1.29, 1.82) is 0 Å². The van der Waals surface area contributed by atoms with Crippen molar-refractivity contribution in [3.8, 4) is 0 Å². The first kappa shape index (κ1) is 13.7. The van der Waals surface area contributed by atoms with E-state index in [4.69, 9.17) is 0 Å². The Morgan fingerprint density at radius 3 is 2.75 bits per heavy atom. The minimum Gasteiger partial charge on any atom is -0.308 e. The zero-order chi connectivity index (χ0) is 9.38. The van der Waals surface area contributed by atoms with Crippen LogP contribution in [-0.4, -0.2) is 11.5 Å². The SMILES string of the molecule is Cl.Cl.c1ccc2sc(C3CCCN3)nc2c1. The van der Waals surface area contributed by atoms with Gasteiger partial charge in [-0.1, -0.05) is 12.1 Å². The lowest BCUT2D eigenvalue weighted by atomic mass is 10.2. The Labute approximate surface area is 111 Å². The lowest BCUT2D eigenvalue weighted by Crippen LogP contribution is -2.12. The summed E-state index contributed by atoms with van der Waals surface area (Å²) < 4.78 is 1.30. The lowest BCUT2D eigenvalue weighted by molar-refractivity contribution is 0.644. The van der Waals surface area contributed by atoms with Crippen molar-refractivity contribution in [2.75, 3.05) is 6.54 Å². The molecule has 5 heteroatoms. The average molecular weight is 277 g/mol. The van der Waals surface area contributed by atoms with Gasteiger partial charge in [-0.2, -0.15) is 0 Å². The van der Waals surface area contributed by atoms with Crippen LogP contribution < -0.4 is 5.32 Å². The third-order valence-electron chi connectivity index (χ3n) is 2.67. The molecule has 1 fully saturated rings. The van der Waals surface area contributed by atoms with Crippen LogP contribution >= 0.6 is 36.2 Å². The molecule has 16 heavy (non-hydrogen) atoms. The number of nitrogens with one attached hydrogen (secondary N) is 1. The Morgan fingerprint density at radius 2 is 2.06 bits per heavy atom. The molecule has 1 atom stereocenters. The summed E-state index contributed by atoms with van der Waals surface area (Å²) in [6, 6.07) is 8.86. The summed E-state index contributed by atoms with van der Waals surface area (Å²) in [6.07, 6.45) is 2.51. The number of nitrogens with zero attached hydrogens (tertiary/aromatic N) is 1. The quantitative estimate of drug-likeness (QED) is 0.862. The first-order valence-electron chi connectivity index (χ1n) is 5.02. The zero-order valence-electron chi connectivity index (χ0n) is 8.68. The molecule has 1 N–H and O–H groups in total. The standard InChI is InChI=1S/C11H12N2S.2ClH/c1-2-6-10-8(4-1)13-11(14-10)9-5-3-7-12-9;;/h1-2,4,6,9,12H,3,5,7H2;2*1H. The Kier molecular flexibility index (Phi) is 4.99. The molecular weight excluding hydrogens is 263 g/mol. The maximum Gasteiger partial charge on any atom is 0.111 e. The first-order valence-corrected chi connectivity index (χ1v) is 5.84. The van der Waals surface area contributed by atoms with Gasteiger partial charge in [0.25, 0.3) is 0 Å². The van der Waals surface area contributed by atoms with Crippen LogP contribution in [0.3, 0.4) is 0 Å². The van der Waals surface area contributed by atoms with Gasteiger partial charge in [0, 0.05) is 0 Å². The van der Waals surface area contributed by atoms with E-state index < -0.39 is 0 Å². The van der Waals surface area contributed by atoms with Gasteiger partial charge < -0.3 is 5.32 Å². The topological polar surface area (TPSA) is 24.9 Å². The van der Waals surface area contributed by atoms with Crippen molar-refractivity contribution in [2.45, 2.75) is 18.9 Å². The largest absolute Gasteiger partial charge is 0.308 e. The van der Waals surface area contributed by atoms with E-state index in [1.807, 2.05) is 17.4 Å². The fourth-order valence-electron chi connectivity index (χ4n) is 1.93. The smallest absolute Gasteiger partial charge is 0.111 e. The van der Waals surface area contributed by atoms with Gasteiger partial charge >= 0.3 is 0 Å². The third kappa shape index (κ3) is 2.48. The first-order chi connectivity index (χ1) is 6.93. The van der Waals surface area contributed by atoms with Crippen molar-refractivity contribution in [3.63, 3.8) is 0 Å². The van der Waals surface area contributed by atoms with Gasteiger partial charge in [-0.25, -0.2) is 4.98 Å². The van der Waals surface area contributed by atoms with Crippen LogP contribution in [0, 0.1) is 0 Å². The van der Waals surface area contributed by atoms with E-state index in [0.29, 0.717) is 6.04 Å². The molecule has 3 rings (SSSR count). The highest BCUT2D eigenvalue weighted by molar-refractivity contribution is 7.18. The van der Waals surface area contributed by atoms with E-state index >= 15 is 0 Å². The van der Waals surface area contributed by atoms with E-state index in [2.05, 4.69) is 28.5 Å². The number of benzene rings is 1. The summed E-state index contributed by atoms with van der Waals surface area (Å²) in [5.41, 5.74) is 1.14. The van der Waals surface area contributed by atoms with Gasteiger partial charge in [0.2, 0.25) is 0 Å². The van der Waals surface area contributed by atoms with Gasteiger partial charge in [0.1, 0.15) is 5.01 Å². The van der Waals surface area contributed by atoms with Crippen LogP contribution in [0.15, 0.2) is 24.3 Å². The Morgan fingerprint density at radius 1 is 1.25 bits per heavy atom. The van der Waals surface area contributed by atoms with Crippen LogP contribution in [0.4, 0.5) is 0 Å². The number of hydrogen-bond donors (Lipinski definition) is 1. The number of hydrogen-bond acceptors (Lipinski definition) is 3. The average Bonchev–Trinajstić information content (AvgIpc) is 2.86. The van der Waals surface area contributed by atoms with E-state index in [9.17, 15) is 0 Å². The number of aromatic nitrogens is 1. The molecule has 1 aromatic heterocycles. The van der Waals surface area contributed by atoms with Gasteiger partial charge in [0.15, 0.2) is 0 Å². The minimum absolute atomic E-state index is 0. The number of halogens is 2. The molecule has 1 saturated heterocycles. The molecule has 1 unspecified atom stereocenters. The number of fused-ring (bicyclic) bond motifs is 1. The second-order valence-corrected chi connectivity index (χ2v) is 4.73. The van der Waals surface area contributed by atoms with Crippen LogP contribution in [0.5, 0.6) is 0 Å². The van der Waals surface area contributed by atoms with Crippen molar-refractivity contribution >= 4 is 46.4 Å². The number of para-hydroxylation sites is 1. The van der Waals surface area contributed by atoms with Gasteiger partial charge in [-0.15, -0.1) is 36.2 Å². The molecule has 88 valence electrons. The Bertz CT molecular complexity index is 419. The summed E-state index contributed by atoms with van der Waals surface area (Å²) in [4.78, 5) is 4.65. The van der Waals surface area contributed by atoms with Crippen molar-refractivity contribution in [3.05, 3.63) is 29.3 Å². The van der Waals surface area contributed by atoms with E-state index in [-0.39, 0.29) is 24.8 Å². The molecule has 1 aliphatic rings. The second-order valence-electron chi connectivity index (χ2n) is 3.67. The zero-order valence-corrected chi connectivity index (χ0v) is 11.1. The highest BCUT2D eigenvalue weighted by Crippen LogP contribution is 2.30. The number of thiazole rings is 1. The van der Waals surface area contributed by atoms with Crippen molar-refractivity contribution < 1.29 is 0 Å². The molecule has 2 aromatic rings. The molecule has 0 spiro atoms. The summed E-state index contributed by atoms with van der Waals surface area (Å²) in [5.74, 6) is 0. The normalized spacial score (nSPS) is 19.1. The molecule has 1 aliphatic heterocycles. The molecular formula is C11H14Cl2N2S. The van der Waals surface area contributed by atoms with Crippen LogP contribution in [-0.2, 0) is 0 Å². The van der Waals surface area contributed by atoms with Crippen LogP contribution in [0.25, 0.3) is 10.2 Å². The molecule has 0 amide bonds. The fourth-order valence-corrected chi connectivity index (χ4v) is 3.01. The molecule has 2 heterocycles. The Balaban J connectivity index is 0.000000640. The van der Waals surface area contributed by atoms with Gasteiger partial charge in [0.05, 0.1) is 16.3 Å². The molecule has 1 aromatic carbocycles. The summed E-state index contributed by atoms with van der Waals surface area (Å²) in [7, 11) is 0. The molecule has 0 saturated carbocycles. The highest BCUT2D eigenvalue weighted by atomic mass is 35.5. The summed E-state index contributed by atoms with van der Waals surface area (Å²) in [6.45, 7) is 1.14. The number of rotatable bonds is 1. The van der Waals surface area contributed by atoms with Crippen LogP contribution in [0.2, 0.25) is 0 Å². The summed E-state index contributed by atoms with van der Waals surface area (Å²) >= 11 is 1.82. The maximum absolute atomic E-state index is 4.65. The van der Waals surface area contributed by atoms with E-state index in [1.54, 1.807) is 0 Å². The predicted molar refractivity (Wildman–Crippen MR) is 74.1 cm³/mol. The summed E-state index contributed by atoms with van der Waals surface area (Å²) in [5, 5.41) is 4.74. The fraction of sp³-hybridized carbons (Fsp3) is 0.364. The molecule has 0 bridgehead atoms. The van der Waals surface area contributed by atoms with Crippen molar-refractivity contribution in [2.24, 2.45) is 0 Å². The predicted octanol–water partition coefficient (Wildman–Crippen LogP) is 3.56. The maximum atomic E-state index is 4.65. The molecule has 0 aliphatic carbocycles. The monoisotopic (exact) mass is 276 g/mol. The van der Waals surface area contributed by atoms with E-state index in [0.717, 1.165) is 12.1 Å². The lowest BCUT2D eigenvalue weighted by Gasteiger charge is -2.03. The minimum atomic E-state index is 0. The van der Waals surface area contributed by atoms with Crippen LogP contribution in [0.1, 0.15) is 23.9 Å². The third-order valence-corrected chi connectivity index (χ3v) is 3.82. The van der Waals surface area contributed by atoms with Gasteiger partial charge in [-0.05, 0) is 31.5 Å².